The lowest BCUT2D eigenvalue weighted by Crippen LogP contribution is -2.18. The number of halogens is 6. The number of nitrogens with zero attached hydrogens (tertiary/aromatic N) is 1. The molecule has 1 heterocycles. The zero-order chi connectivity index (χ0) is 14.8. The van der Waals surface area contributed by atoms with E-state index >= 15 is 0 Å². The highest BCUT2D eigenvalue weighted by atomic mass is 19.4. The zero-order valence-corrected chi connectivity index (χ0v) is 8.88. The highest BCUT2D eigenvalue weighted by Crippen LogP contribution is 2.39. The highest BCUT2D eigenvalue weighted by Gasteiger charge is 2.44. The lowest BCUT2D eigenvalue weighted by molar-refractivity contribution is -0.164. The van der Waals surface area contributed by atoms with Crippen LogP contribution < -0.4 is 0 Å². The number of rotatable bonds is 2. The molecule has 0 saturated heterocycles. The molecule has 0 fully saturated rings. The number of carboxylic acid groups (broad SMARTS) is 1. The van der Waals surface area contributed by atoms with Crippen LogP contribution in [0.1, 0.15) is 16.8 Å². The van der Waals surface area contributed by atoms with Gasteiger partial charge in [0.15, 0.2) is 5.69 Å². The number of hydrogen-bond donors (Lipinski definition) is 1. The molecule has 0 spiro atoms. The second-order valence-electron chi connectivity index (χ2n) is 3.33. The van der Waals surface area contributed by atoms with Gasteiger partial charge in [-0.1, -0.05) is 0 Å². The Morgan fingerprint density at radius 3 is 2.16 bits per heavy atom. The van der Waals surface area contributed by atoms with Crippen LogP contribution in [-0.4, -0.2) is 16.1 Å². The molecule has 1 aromatic heterocycles. The van der Waals surface area contributed by atoms with Crippen LogP contribution in [0.5, 0.6) is 0 Å². The monoisotopic (exact) mass is 285 g/mol. The quantitative estimate of drug-likeness (QED) is 0.670. The summed E-state index contributed by atoms with van der Waals surface area (Å²) in [6, 6.07) is 0.190. The maximum absolute atomic E-state index is 12.5. The minimum atomic E-state index is -5.25. The molecule has 1 rings (SSSR count). The SMILES string of the molecule is O=C(O)/C=C/c1cnc(C(F)(F)F)c(C(F)(F)F)c1. The number of alkyl halides is 6. The van der Waals surface area contributed by atoms with Crippen LogP contribution in [-0.2, 0) is 17.1 Å². The number of carboxylic acids is 1. The van der Waals surface area contributed by atoms with Gasteiger partial charge >= 0.3 is 18.3 Å². The Kier molecular flexibility index (Phi) is 3.87. The molecule has 104 valence electrons. The van der Waals surface area contributed by atoms with Crippen LogP contribution >= 0.6 is 0 Å². The smallest absolute Gasteiger partial charge is 0.433 e. The first-order chi connectivity index (χ1) is 8.51. The molecule has 1 aromatic rings. The Morgan fingerprint density at radius 1 is 1.16 bits per heavy atom. The van der Waals surface area contributed by atoms with Gasteiger partial charge in [0.05, 0.1) is 5.56 Å². The Morgan fingerprint density at radius 2 is 1.74 bits per heavy atom. The summed E-state index contributed by atoms with van der Waals surface area (Å²) < 4.78 is 74.5. The molecular weight excluding hydrogens is 280 g/mol. The highest BCUT2D eigenvalue weighted by molar-refractivity contribution is 5.85. The third-order valence-corrected chi connectivity index (χ3v) is 1.90. The van der Waals surface area contributed by atoms with E-state index in [2.05, 4.69) is 4.98 Å². The van der Waals surface area contributed by atoms with Gasteiger partial charge in [0, 0.05) is 12.3 Å². The molecule has 0 saturated carbocycles. The molecule has 0 unspecified atom stereocenters. The fraction of sp³-hybridized carbons (Fsp3) is 0.200. The molecule has 9 heteroatoms. The molecule has 3 nitrogen and oxygen atoms in total. The van der Waals surface area contributed by atoms with Gasteiger partial charge in [0.25, 0.3) is 0 Å². The van der Waals surface area contributed by atoms with Crippen LogP contribution in [0.3, 0.4) is 0 Å². The molecule has 0 aliphatic heterocycles. The predicted octanol–water partition coefficient (Wildman–Crippen LogP) is 3.22. The molecule has 0 aliphatic carbocycles. The maximum atomic E-state index is 12.5. The van der Waals surface area contributed by atoms with Crippen molar-refractivity contribution in [1.29, 1.82) is 0 Å². The number of hydrogen-bond acceptors (Lipinski definition) is 2. The maximum Gasteiger partial charge on any atom is 0.433 e. The molecular formula is C10H5F6NO2. The normalized spacial score (nSPS) is 12.9. The first-order valence-electron chi connectivity index (χ1n) is 4.57. The summed E-state index contributed by atoms with van der Waals surface area (Å²) in [7, 11) is 0. The van der Waals surface area contributed by atoms with Crippen molar-refractivity contribution in [3.05, 3.63) is 35.2 Å². The van der Waals surface area contributed by atoms with E-state index in [9.17, 15) is 31.1 Å². The van der Waals surface area contributed by atoms with Crippen LogP contribution in [0, 0.1) is 0 Å². The van der Waals surface area contributed by atoms with Gasteiger partial charge < -0.3 is 5.11 Å². The molecule has 0 aromatic carbocycles. The second kappa shape index (κ2) is 4.90. The molecule has 19 heavy (non-hydrogen) atoms. The number of aliphatic carboxylic acids is 1. The van der Waals surface area contributed by atoms with Gasteiger partial charge in [0.2, 0.25) is 0 Å². The standard InChI is InChI=1S/C10H5F6NO2/c11-9(12,13)6-3-5(1-2-7(18)19)4-17-8(6)10(14,15)16/h1-4H,(H,18,19)/b2-1+. The first kappa shape index (κ1) is 15.0. The van der Waals surface area contributed by atoms with Gasteiger partial charge in [0.1, 0.15) is 0 Å². The van der Waals surface area contributed by atoms with E-state index in [0.29, 0.717) is 18.3 Å². The van der Waals surface area contributed by atoms with Crippen molar-refractivity contribution in [3.63, 3.8) is 0 Å². The van der Waals surface area contributed by atoms with Crippen molar-refractivity contribution in [2.75, 3.05) is 0 Å². The average molecular weight is 285 g/mol. The summed E-state index contributed by atoms with van der Waals surface area (Å²) in [5.41, 5.74) is -4.43. The lowest BCUT2D eigenvalue weighted by Gasteiger charge is -2.14. The van der Waals surface area contributed by atoms with Crippen molar-refractivity contribution in [2.24, 2.45) is 0 Å². The van der Waals surface area contributed by atoms with E-state index in [1.165, 1.54) is 0 Å². The minimum absolute atomic E-state index is 0.190. The van der Waals surface area contributed by atoms with Crippen LogP contribution in [0.4, 0.5) is 26.3 Å². The van der Waals surface area contributed by atoms with Gasteiger partial charge in [-0.05, 0) is 17.7 Å². The Balaban J connectivity index is 3.36. The van der Waals surface area contributed by atoms with Crippen LogP contribution in [0.2, 0.25) is 0 Å². The molecule has 0 amide bonds. The number of carbonyl (C=O) groups is 1. The number of pyridine rings is 1. The summed E-state index contributed by atoms with van der Waals surface area (Å²) in [6.07, 6.45) is -8.78. The topological polar surface area (TPSA) is 50.2 Å². The van der Waals surface area contributed by atoms with Gasteiger partial charge in [-0.25, -0.2) is 4.79 Å². The van der Waals surface area contributed by atoms with Crippen LogP contribution in [0.15, 0.2) is 18.3 Å². The van der Waals surface area contributed by atoms with Gasteiger partial charge in [-0.3, -0.25) is 4.98 Å². The molecule has 0 aliphatic rings. The molecule has 1 N–H and O–H groups in total. The van der Waals surface area contributed by atoms with E-state index in [1.54, 1.807) is 0 Å². The molecule has 0 radical (unpaired) electrons. The van der Waals surface area contributed by atoms with E-state index in [1.807, 2.05) is 0 Å². The first-order valence-corrected chi connectivity index (χ1v) is 4.57. The van der Waals surface area contributed by atoms with Crippen molar-refractivity contribution in [3.8, 4) is 0 Å². The van der Waals surface area contributed by atoms with E-state index in [-0.39, 0.29) is 6.07 Å². The van der Waals surface area contributed by atoms with E-state index in [0.717, 1.165) is 0 Å². The van der Waals surface area contributed by atoms with Crippen molar-refractivity contribution in [2.45, 2.75) is 12.4 Å². The Labute approximate surface area is 102 Å². The molecule has 0 bridgehead atoms. The third kappa shape index (κ3) is 3.97. The van der Waals surface area contributed by atoms with Gasteiger partial charge in [-0.2, -0.15) is 26.3 Å². The van der Waals surface area contributed by atoms with Crippen LogP contribution in [0.25, 0.3) is 6.08 Å². The summed E-state index contributed by atoms with van der Waals surface area (Å²) in [5.74, 6) is -1.45. The summed E-state index contributed by atoms with van der Waals surface area (Å²) in [5, 5.41) is 8.28. The minimum Gasteiger partial charge on any atom is -0.478 e. The largest absolute Gasteiger partial charge is 0.478 e. The Hall–Kier alpha value is -2.06. The average Bonchev–Trinajstić information content (AvgIpc) is 2.23. The zero-order valence-electron chi connectivity index (χ0n) is 8.88. The summed E-state index contributed by atoms with van der Waals surface area (Å²) in [6.45, 7) is 0. The third-order valence-electron chi connectivity index (χ3n) is 1.90. The molecule has 0 atom stereocenters. The summed E-state index contributed by atoms with van der Waals surface area (Å²) in [4.78, 5) is 12.9. The fourth-order valence-electron chi connectivity index (χ4n) is 1.18. The predicted molar refractivity (Wildman–Crippen MR) is 50.9 cm³/mol. The van der Waals surface area contributed by atoms with E-state index < -0.39 is 35.1 Å². The van der Waals surface area contributed by atoms with Gasteiger partial charge in [-0.15, -0.1) is 0 Å². The van der Waals surface area contributed by atoms with E-state index in [4.69, 9.17) is 5.11 Å². The number of aromatic nitrogens is 1. The van der Waals surface area contributed by atoms with Crippen molar-refractivity contribution < 1.29 is 36.2 Å². The fourth-order valence-corrected chi connectivity index (χ4v) is 1.18. The Bertz CT molecular complexity index is 518. The lowest BCUT2D eigenvalue weighted by atomic mass is 10.1. The van der Waals surface area contributed by atoms with Crippen molar-refractivity contribution >= 4 is 12.0 Å². The van der Waals surface area contributed by atoms with Crippen molar-refractivity contribution in [1.82, 2.24) is 4.98 Å². The second-order valence-corrected chi connectivity index (χ2v) is 3.33. The summed E-state index contributed by atoms with van der Waals surface area (Å²) >= 11 is 0.